The van der Waals surface area contributed by atoms with Gasteiger partial charge in [0.15, 0.2) is 11.0 Å². The minimum atomic E-state index is -0.667. The van der Waals surface area contributed by atoms with Gasteiger partial charge < -0.3 is 25.0 Å². The van der Waals surface area contributed by atoms with Gasteiger partial charge in [0.05, 0.1) is 17.9 Å². The van der Waals surface area contributed by atoms with Gasteiger partial charge in [-0.25, -0.2) is 14.2 Å². The second-order valence-electron chi connectivity index (χ2n) is 11.6. The van der Waals surface area contributed by atoms with Gasteiger partial charge in [-0.15, -0.1) is 0 Å². The molecule has 0 spiro atoms. The van der Waals surface area contributed by atoms with Crippen LogP contribution in [0.25, 0.3) is 10.8 Å². The first kappa shape index (κ1) is 30.6. The van der Waals surface area contributed by atoms with E-state index in [1.807, 2.05) is 46.7 Å². The second-order valence-corrected chi connectivity index (χ2v) is 11.9. The number of carbonyl (C=O) groups excluding carboxylic acids is 1. The lowest BCUT2D eigenvalue weighted by molar-refractivity contribution is 0.00997. The number of rotatable bonds is 7. The van der Waals surface area contributed by atoms with E-state index in [4.69, 9.17) is 26.8 Å². The Morgan fingerprint density at radius 3 is 2.62 bits per heavy atom. The number of aryl methyl sites for hydroxylation is 1. The first-order valence-corrected chi connectivity index (χ1v) is 13.7. The Balaban J connectivity index is 1.95. The van der Waals surface area contributed by atoms with Gasteiger partial charge in [0.25, 0.3) is 0 Å². The molecular formula is C28H40ClFN6O3. The molecule has 9 nitrogen and oxygen atoms in total. The van der Waals surface area contributed by atoms with E-state index in [9.17, 15) is 10.1 Å². The molecule has 0 bridgehead atoms. The first-order valence-electron chi connectivity index (χ1n) is 13.3. The third-order valence-corrected chi connectivity index (χ3v) is 7.33. The number of nitriles is 1. The number of amides is 1. The van der Waals surface area contributed by atoms with E-state index in [0.717, 1.165) is 19.4 Å². The third kappa shape index (κ3) is 7.40. The summed E-state index contributed by atoms with van der Waals surface area (Å²) in [5.74, 6) is -0.524. The summed E-state index contributed by atoms with van der Waals surface area (Å²) in [6.45, 7) is 10.2. The van der Waals surface area contributed by atoms with Crippen molar-refractivity contribution in [1.82, 2.24) is 19.8 Å². The zero-order valence-electron chi connectivity index (χ0n) is 24.0. The normalized spacial score (nSPS) is 19.1. The smallest absolute Gasteiger partial charge is 0.410 e. The molecule has 2 aromatic rings. The zero-order chi connectivity index (χ0) is 29.1. The van der Waals surface area contributed by atoms with Crippen molar-refractivity contribution in [3.8, 4) is 11.9 Å². The summed E-state index contributed by atoms with van der Waals surface area (Å²) in [7, 11) is 3.91. The Kier molecular flexibility index (Phi) is 9.83. The van der Waals surface area contributed by atoms with Crippen molar-refractivity contribution in [2.24, 2.45) is 5.92 Å². The monoisotopic (exact) mass is 562 g/mol. The molecule has 1 saturated heterocycles. The number of fused-ring (bicyclic) bond motifs is 1. The molecule has 2 N–H and O–H groups in total. The van der Waals surface area contributed by atoms with Crippen LogP contribution in [0, 0.1) is 30.0 Å². The molecule has 11 heteroatoms. The highest BCUT2D eigenvalue weighted by molar-refractivity contribution is 6.30. The number of carbonyl (C=O) groups is 1. The van der Waals surface area contributed by atoms with E-state index >= 15 is 4.39 Å². The van der Waals surface area contributed by atoms with Crippen LogP contribution in [0.3, 0.4) is 0 Å². The Hall–Kier alpha value is -2.90. The maximum atomic E-state index is 15.3. The second kappa shape index (κ2) is 12.5. The quantitative estimate of drug-likeness (QED) is 0.439. The molecule has 2 aromatic heterocycles. The third-order valence-electron chi connectivity index (χ3n) is 7.08. The fourth-order valence-electron chi connectivity index (χ4n) is 4.97. The fourth-order valence-corrected chi connectivity index (χ4v) is 5.14. The maximum absolute atomic E-state index is 15.3. The SMILES string of the molecule is Cc1c(CCN(C)C)nc(N)c2c(OC(C)C3CCCC(CC#N)N(C(=O)OC(C)(C)C)C3)nc(Cl)c(F)c12. The van der Waals surface area contributed by atoms with Gasteiger partial charge in [0, 0.05) is 42.6 Å². The predicted octanol–water partition coefficient (Wildman–Crippen LogP) is 5.50. The molecule has 1 amide bonds. The Labute approximate surface area is 235 Å². The number of hydrogen-bond acceptors (Lipinski definition) is 8. The van der Waals surface area contributed by atoms with Crippen LogP contribution in [0.15, 0.2) is 0 Å². The average molecular weight is 563 g/mol. The van der Waals surface area contributed by atoms with Crippen molar-refractivity contribution < 1.29 is 18.7 Å². The highest BCUT2D eigenvalue weighted by Crippen LogP contribution is 2.38. The van der Waals surface area contributed by atoms with Gasteiger partial charge in [-0.05, 0) is 67.1 Å². The van der Waals surface area contributed by atoms with Crippen molar-refractivity contribution >= 4 is 34.3 Å². The number of likely N-dealkylation sites (tertiary alicyclic amines) is 1. The predicted molar refractivity (Wildman–Crippen MR) is 150 cm³/mol. The molecule has 0 aliphatic carbocycles. The highest BCUT2D eigenvalue weighted by Gasteiger charge is 2.35. The number of hydrogen-bond donors (Lipinski definition) is 1. The van der Waals surface area contributed by atoms with Gasteiger partial charge in [-0.1, -0.05) is 18.0 Å². The summed E-state index contributed by atoms with van der Waals surface area (Å²) in [5.41, 5.74) is 7.01. The minimum absolute atomic E-state index is 0.100. The van der Waals surface area contributed by atoms with Crippen LogP contribution in [0.2, 0.25) is 5.15 Å². The lowest BCUT2D eigenvalue weighted by atomic mass is 9.97. The summed E-state index contributed by atoms with van der Waals surface area (Å²) in [6.07, 6.45) is 2.18. The molecule has 214 valence electrons. The average Bonchev–Trinajstić information content (AvgIpc) is 3.04. The summed E-state index contributed by atoms with van der Waals surface area (Å²) >= 11 is 6.24. The summed E-state index contributed by atoms with van der Waals surface area (Å²) in [6, 6.07) is 1.95. The Morgan fingerprint density at radius 1 is 1.31 bits per heavy atom. The lowest BCUT2D eigenvalue weighted by Gasteiger charge is -2.34. The lowest BCUT2D eigenvalue weighted by Crippen LogP contribution is -2.46. The fraction of sp³-hybridized carbons (Fsp3) is 0.643. The summed E-state index contributed by atoms with van der Waals surface area (Å²) < 4.78 is 27.3. The van der Waals surface area contributed by atoms with E-state index in [1.165, 1.54) is 0 Å². The van der Waals surface area contributed by atoms with Gasteiger partial charge in [-0.2, -0.15) is 10.2 Å². The van der Waals surface area contributed by atoms with Crippen LogP contribution in [0.5, 0.6) is 5.88 Å². The number of aromatic nitrogens is 2. The van der Waals surface area contributed by atoms with Crippen molar-refractivity contribution in [2.45, 2.75) is 84.5 Å². The van der Waals surface area contributed by atoms with Crippen molar-refractivity contribution in [1.29, 1.82) is 5.26 Å². The van der Waals surface area contributed by atoms with Crippen molar-refractivity contribution in [2.75, 3.05) is 32.9 Å². The van der Waals surface area contributed by atoms with Crippen molar-refractivity contribution in [3.63, 3.8) is 0 Å². The molecule has 1 fully saturated rings. The van der Waals surface area contributed by atoms with Crippen LogP contribution in [0.4, 0.5) is 15.0 Å². The molecule has 3 rings (SSSR count). The van der Waals surface area contributed by atoms with E-state index in [2.05, 4.69) is 16.0 Å². The number of nitrogen functional groups attached to an aromatic ring is 1. The molecule has 0 saturated carbocycles. The van der Waals surface area contributed by atoms with Crippen LogP contribution < -0.4 is 10.5 Å². The number of nitrogens with two attached hydrogens (primary N) is 1. The molecule has 39 heavy (non-hydrogen) atoms. The number of halogens is 2. The van der Waals surface area contributed by atoms with Gasteiger partial charge in [0.2, 0.25) is 5.88 Å². The number of anilines is 1. The molecule has 3 atom stereocenters. The largest absolute Gasteiger partial charge is 0.474 e. The van der Waals surface area contributed by atoms with E-state index in [-0.39, 0.29) is 46.0 Å². The standard InChI is InChI=1S/C28H40ClFN6O3/c1-16-20(12-14-35(6)7)33-25(32)22-21(16)23(30)24(29)34-26(22)38-17(2)18-9-8-10-19(11-13-31)36(15-18)27(37)39-28(3,4)5/h17-19H,8-12,14-15H2,1-7H3,(H2,32,33). The van der Waals surface area contributed by atoms with Crippen LogP contribution in [-0.2, 0) is 11.2 Å². The summed E-state index contributed by atoms with van der Waals surface area (Å²) in [4.78, 5) is 25.5. The number of nitrogens with zero attached hydrogens (tertiary/aromatic N) is 5. The number of pyridine rings is 2. The Bertz CT molecular complexity index is 1240. The summed E-state index contributed by atoms with van der Waals surface area (Å²) in [5, 5.41) is 9.60. The number of ether oxygens (including phenoxy) is 2. The van der Waals surface area contributed by atoms with Gasteiger partial charge in [0.1, 0.15) is 17.5 Å². The highest BCUT2D eigenvalue weighted by atomic mass is 35.5. The molecule has 3 unspecified atom stereocenters. The molecule has 0 radical (unpaired) electrons. The van der Waals surface area contributed by atoms with Crippen LogP contribution in [0.1, 0.15) is 64.6 Å². The van der Waals surface area contributed by atoms with E-state index in [0.29, 0.717) is 30.6 Å². The van der Waals surface area contributed by atoms with Gasteiger partial charge in [-0.3, -0.25) is 0 Å². The van der Waals surface area contributed by atoms with E-state index in [1.54, 1.807) is 11.8 Å². The molecular weight excluding hydrogens is 523 g/mol. The molecule has 0 aromatic carbocycles. The van der Waals surface area contributed by atoms with Crippen molar-refractivity contribution in [3.05, 3.63) is 22.2 Å². The van der Waals surface area contributed by atoms with Crippen LogP contribution in [-0.4, -0.2) is 70.8 Å². The Morgan fingerprint density at radius 2 is 2.00 bits per heavy atom. The minimum Gasteiger partial charge on any atom is -0.474 e. The van der Waals surface area contributed by atoms with E-state index < -0.39 is 23.6 Å². The number of likely N-dealkylation sites (N-methyl/N-ethyl adjacent to an activating group) is 1. The molecule has 1 aliphatic rings. The molecule has 1 aliphatic heterocycles. The maximum Gasteiger partial charge on any atom is 0.410 e. The van der Waals surface area contributed by atoms with Crippen LogP contribution >= 0.6 is 11.6 Å². The topological polar surface area (TPSA) is 118 Å². The van der Waals surface area contributed by atoms with Gasteiger partial charge >= 0.3 is 6.09 Å². The zero-order valence-corrected chi connectivity index (χ0v) is 24.7. The first-order chi connectivity index (χ1) is 18.2. The molecule has 3 heterocycles.